The predicted octanol–water partition coefficient (Wildman–Crippen LogP) is 2.88. The molecule has 6 heterocycles. The SMILES string of the molecule is Cn1ncc2c1CN(C(=O)c1cc3c(B4OC(C)(C)C(C)(C)O4)cc([C@H]4CCCN(C(=O)CCn5ccnn5)C4)c(F)c3[nH]1)C2. The zero-order valence-corrected chi connectivity index (χ0v) is 26.3. The van der Waals surface area contributed by atoms with Gasteiger partial charge in [-0.05, 0) is 57.6 Å². The Balaban J connectivity index is 1.22. The van der Waals surface area contributed by atoms with Crippen molar-refractivity contribution in [1.29, 1.82) is 0 Å². The van der Waals surface area contributed by atoms with Crippen LogP contribution < -0.4 is 5.46 Å². The van der Waals surface area contributed by atoms with E-state index in [4.69, 9.17) is 9.31 Å². The molecule has 1 aromatic carbocycles. The third-order valence-corrected chi connectivity index (χ3v) is 10.0. The number of halogens is 1. The third kappa shape index (κ3) is 5.13. The van der Waals surface area contributed by atoms with Gasteiger partial charge in [-0.3, -0.25) is 19.0 Å². The maximum absolute atomic E-state index is 16.6. The van der Waals surface area contributed by atoms with Crippen molar-refractivity contribution in [2.45, 2.75) is 83.7 Å². The highest BCUT2D eigenvalue weighted by molar-refractivity contribution is 6.65. The Morgan fingerprint density at radius 2 is 1.91 bits per heavy atom. The Morgan fingerprint density at radius 3 is 2.62 bits per heavy atom. The summed E-state index contributed by atoms with van der Waals surface area (Å²) in [4.78, 5) is 33.5. The predicted molar refractivity (Wildman–Crippen MR) is 164 cm³/mol. The number of nitrogens with zero attached hydrogens (tertiary/aromatic N) is 7. The minimum Gasteiger partial charge on any atom is -0.399 e. The lowest BCUT2D eigenvalue weighted by atomic mass is 9.74. The van der Waals surface area contributed by atoms with Gasteiger partial charge in [-0.15, -0.1) is 5.10 Å². The summed E-state index contributed by atoms with van der Waals surface area (Å²) in [6.45, 7) is 10.2. The van der Waals surface area contributed by atoms with E-state index < -0.39 is 24.1 Å². The quantitative estimate of drug-likeness (QED) is 0.331. The molecule has 7 rings (SSSR count). The summed E-state index contributed by atoms with van der Waals surface area (Å²) in [7, 11) is 1.10. The van der Waals surface area contributed by atoms with E-state index in [9.17, 15) is 9.59 Å². The van der Waals surface area contributed by atoms with Gasteiger partial charge in [-0.2, -0.15) is 5.10 Å². The largest absolute Gasteiger partial charge is 0.495 e. The van der Waals surface area contributed by atoms with Gasteiger partial charge in [-0.1, -0.05) is 11.3 Å². The number of fused-ring (bicyclic) bond motifs is 2. The van der Waals surface area contributed by atoms with Crippen LogP contribution in [0.15, 0.2) is 30.7 Å². The number of carbonyl (C=O) groups excluding carboxylic acids is 2. The van der Waals surface area contributed by atoms with Crippen LogP contribution in [0.3, 0.4) is 0 Å². The van der Waals surface area contributed by atoms with Gasteiger partial charge in [0, 0.05) is 56.2 Å². The number of amides is 2. The first-order valence-electron chi connectivity index (χ1n) is 15.5. The maximum atomic E-state index is 16.6. The van der Waals surface area contributed by atoms with E-state index in [1.54, 1.807) is 38.9 Å². The van der Waals surface area contributed by atoms with Crippen molar-refractivity contribution in [1.82, 2.24) is 39.6 Å². The number of hydrogen-bond acceptors (Lipinski definition) is 7. The first-order chi connectivity index (χ1) is 21.4. The van der Waals surface area contributed by atoms with Crippen molar-refractivity contribution in [3.05, 3.63) is 59.1 Å². The molecule has 3 aromatic heterocycles. The smallest absolute Gasteiger partial charge is 0.399 e. The first kappa shape index (κ1) is 29.7. The number of aromatic nitrogens is 6. The summed E-state index contributed by atoms with van der Waals surface area (Å²) in [6.07, 6.45) is 6.85. The van der Waals surface area contributed by atoms with Crippen LogP contribution in [0.4, 0.5) is 4.39 Å². The number of benzene rings is 1. The Kier molecular flexibility index (Phi) is 7.12. The Bertz CT molecular complexity index is 1770. The van der Waals surface area contributed by atoms with Gasteiger partial charge in [0.15, 0.2) is 5.82 Å². The second-order valence-corrected chi connectivity index (χ2v) is 13.4. The van der Waals surface area contributed by atoms with E-state index in [-0.39, 0.29) is 29.7 Å². The number of aromatic amines is 1. The van der Waals surface area contributed by atoms with Crippen LogP contribution in [0.2, 0.25) is 0 Å². The van der Waals surface area contributed by atoms with Crippen LogP contribution in [-0.2, 0) is 40.8 Å². The highest BCUT2D eigenvalue weighted by Crippen LogP contribution is 2.39. The molecule has 0 saturated carbocycles. The molecule has 2 amide bonds. The third-order valence-electron chi connectivity index (χ3n) is 10.0. The minimum absolute atomic E-state index is 0.00238. The fourth-order valence-electron chi connectivity index (χ4n) is 6.66. The number of nitrogens with one attached hydrogen (secondary N) is 1. The molecule has 12 nitrogen and oxygen atoms in total. The van der Waals surface area contributed by atoms with Crippen LogP contribution in [0.1, 0.15) is 80.2 Å². The van der Waals surface area contributed by atoms with E-state index in [1.807, 2.05) is 45.7 Å². The Hall–Kier alpha value is -4.04. The molecule has 0 radical (unpaired) electrons. The van der Waals surface area contributed by atoms with E-state index in [1.165, 1.54) is 0 Å². The van der Waals surface area contributed by atoms with Crippen LogP contribution in [0.5, 0.6) is 0 Å². The molecule has 14 heteroatoms. The van der Waals surface area contributed by atoms with Gasteiger partial charge in [0.1, 0.15) is 5.69 Å². The molecule has 3 aliphatic heterocycles. The highest BCUT2D eigenvalue weighted by atomic mass is 19.1. The average molecular weight is 617 g/mol. The summed E-state index contributed by atoms with van der Waals surface area (Å²) in [5, 5.41) is 12.6. The van der Waals surface area contributed by atoms with Gasteiger partial charge in [0.2, 0.25) is 5.91 Å². The van der Waals surface area contributed by atoms with Gasteiger partial charge in [0.05, 0.1) is 47.9 Å². The van der Waals surface area contributed by atoms with E-state index in [0.717, 1.165) is 24.1 Å². The molecule has 0 unspecified atom stereocenters. The van der Waals surface area contributed by atoms with Crippen molar-refractivity contribution < 1.29 is 23.3 Å². The topological polar surface area (TPSA) is 123 Å². The lowest BCUT2D eigenvalue weighted by Gasteiger charge is -2.33. The normalized spacial score (nSPS) is 20.8. The summed E-state index contributed by atoms with van der Waals surface area (Å²) in [5.41, 5.74) is 2.47. The Morgan fingerprint density at radius 1 is 1.13 bits per heavy atom. The number of piperidine rings is 1. The average Bonchev–Trinajstić information content (AvgIpc) is 3.83. The molecule has 0 bridgehead atoms. The molecule has 1 atom stereocenters. The highest BCUT2D eigenvalue weighted by Gasteiger charge is 2.52. The van der Waals surface area contributed by atoms with Crippen molar-refractivity contribution in [2.24, 2.45) is 7.05 Å². The minimum atomic E-state index is -0.762. The number of hydrogen-bond donors (Lipinski definition) is 1. The van der Waals surface area contributed by atoms with Crippen LogP contribution in [0, 0.1) is 5.82 Å². The maximum Gasteiger partial charge on any atom is 0.495 e. The number of carbonyl (C=O) groups is 2. The summed E-state index contributed by atoms with van der Waals surface area (Å²) < 4.78 is 32.9. The van der Waals surface area contributed by atoms with Gasteiger partial charge < -0.3 is 24.1 Å². The van der Waals surface area contributed by atoms with Crippen LogP contribution in [0.25, 0.3) is 10.9 Å². The lowest BCUT2D eigenvalue weighted by Crippen LogP contribution is -2.41. The molecule has 2 saturated heterocycles. The summed E-state index contributed by atoms with van der Waals surface area (Å²) in [6, 6.07) is 3.54. The molecule has 4 aromatic rings. The molecule has 3 aliphatic rings. The lowest BCUT2D eigenvalue weighted by molar-refractivity contribution is -0.132. The Labute approximate surface area is 261 Å². The standard InChI is InChI=1S/C31H38BFN8O4/c1-30(2)31(3,4)45-32(44-30)23-13-21(19-7-6-10-39(16-19)26(42)8-11-41-12-9-34-37-41)27(33)28-22(23)14-24(36-28)29(43)40-17-20-15-35-38(5)25(20)18-40/h9,12-15,19,36H,6-8,10-11,16-18H2,1-5H3/t19-/m0/s1. The number of aryl methyl sites for hydroxylation is 2. The molecule has 1 N–H and O–H groups in total. The van der Waals surface area contributed by atoms with Gasteiger partial charge >= 0.3 is 7.12 Å². The molecule has 0 aliphatic carbocycles. The summed E-state index contributed by atoms with van der Waals surface area (Å²) in [5.74, 6) is -0.870. The van der Waals surface area contributed by atoms with Crippen molar-refractivity contribution >= 4 is 35.3 Å². The van der Waals surface area contributed by atoms with Crippen molar-refractivity contribution in [3.8, 4) is 0 Å². The number of rotatable bonds is 6. The van der Waals surface area contributed by atoms with E-state index in [0.29, 0.717) is 54.8 Å². The van der Waals surface area contributed by atoms with Crippen molar-refractivity contribution in [2.75, 3.05) is 13.1 Å². The number of likely N-dealkylation sites (tertiary alicyclic amines) is 1. The molecule has 45 heavy (non-hydrogen) atoms. The van der Waals surface area contributed by atoms with Gasteiger partial charge in [0.25, 0.3) is 5.91 Å². The van der Waals surface area contributed by atoms with Crippen molar-refractivity contribution in [3.63, 3.8) is 0 Å². The monoisotopic (exact) mass is 616 g/mol. The first-order valence-corrected chi connectivity index (χ1v) is 15.5. The zero-order valence-electron chi connectivity index (χ0n) is 26.3. The molecular weight excluding hydrogens is 578 g/mol. The fraction of sp³-hybridized carbons (Fsp3) is 0.516. The van der Waals surface area contributed by atoms with Crippen LogP contribution in [-0.4, -0.2) is 82.8 Å². The van der Waals surface area contributed by atoms with Crippen LogP contribution >= 0.6 is 0 Å². The summed E-state index contributed by atoms with van der Waals surface area (Å²) >= 11 is 0. The molecule has 2 fully saturated rings. The second-order valence-electron chi connectivity index (χ2n) is 13.4. The van der Waals surface area contributed by atoms with E-state index in [2.05, 4.69) is 20.4 Å². The molecular formula is C31H38BFN8O4. The molecule has 236 valence electrons. The van der Waals surface area contributed by atoms with Gasteiger partial charge in [-0.25, -0.2) is 4.39 Å². The molecule has 0 spiro atoms. The zero-order chi connectivity index (χ0) is 31.7. The number of H-pyrrole nitrogens is 1. The van der Waals surface area contributed by atoms with E-state index >= 15 is 4.39 Å². The second kappa shape index (κ2) is 10.8. The fourth-order valence-corrected chi connectivity index (χ4v) is 6.66.